The Hall–Kier alpha value is -1.78. The fourth-order valence-electron chi connectivity index (χ4n) is 0.802. The lowest BCUT2D eigenvalue weighted by Crippen LogP contribution is -2.34. The van der Waals surface area contributed by atoms with Gasteiger partial charge < -0.3 is 9.47 Å². The molecule has 0 saturated carbocycles. The lowest BCUT2D eigenvalue weighted by atomic mass is 10.2. The molecule has 0 aliphatic heterocycles. The van der Waals surface area contributed by atoms with E-state index in [-0.39, 0.29) is 5.70 Å². The van der Waals surface area contributed by atoms with Crippen LogP contribution in [0.25, 0.3) is 0 Å². The number of hydrogen-bond acceptors (Lipinski definition) is 4. The lowest BCUT2D eigenvalue weighted by Gasteiger charge is -2.19. The van der Waals surface area contributed by atoms with Gasteiger partial charge in [0.05, 0.1) is 7.11 Å². The molecule has 0 spiro atoms. The normalized spacial score (nSPS) is 11.6. The summed E-state index contributed by atoms with van der Waals surface area (Å²) in [7, 11) is 1.22. The van der Waals surface area contributed by atoms with Gasteiger partial charge in [0.2, 0.25) is 0 Å². The highest BCUT2D eigenvalue weighted by molar-refractivity contribution is 5.92. The molecule has 0 aromatic rings. The molecular weight excluding hydrogens is 210 g/mol. The van der Waals surface area contributed by atoms with Gasteiger partial charge in [0.25, 0.3) is 0 Å². The second-order valence-electron chi connectivity index (χ2n) is 3.93. The molecule has 16 heavy (non-hydrogen) atoms. The van der Waals surface area contributed by atoms with Crippen LogP contribution < -0.4 is 5.32 Å². The summed E-state index contributed by atoms with van der Waals surface area (Å²) in [5.74, 6) is -0.661. The van der Waals surface area contributed by atoms with Crippen LogP contribution >= 0.6 is 0 Å². The van der Waals surface area contributed by atoms with E-state index in [1.165, 1.54) is 19.3 Å². The molecule has 0 radical (unpaired) electrons. The number of methoxy groups -OCH3 is 1. The summed E-state index contributed by atoms with van der Waals surface area (Å²) < 4.78 is 9.45. The van der Waals surface area contributed by atoms with Gasteiger partial charge in [0.1, 0.15) is 11.3 Å². The van der Waals surface area contributed by atoms with Crippen molar-refractivity contribution in [2.75, 3.05) is 7.11 Å². The van der Waals surface area contributed by atoms with Gasteiger partial charge in [0, 0.05) is 0 Å². The van der Waals surface area contributed by atoms with Crippen LogP contribution in [0.1, 0.15) is 20.8 Å². The Labute approximate surface area is 95.1 Å². The van der Waals surface area contributed by atoms with Gasteiger partial charge >= 0.3 is 12.1 Å². The smallest absolute Gasteiger partial charge is 0.412 e. The van der Waals surface area contributed by atoms with E-state index in [2.05, 4.69) is 16.6 Å². The molecule has 0 aliphatic carbocycles. The van der Waals surface area contributed by atoms with Crippen LogP contribution in [0.4, 0.5) is 4.79 Å². The molecule has 0 bridgehead atoms. The Kier molecular flexibility index (Phi) is 5.29. The molecular formula is C11H17NO4. The first-order valence-corrected chi connectivity index (χ1v) is 4.71. The minimum absolute atomic E-state index is 0.0215. The standard InChI is InChI=1S/C11H17NO4/c1-6-7-8(9(13)15-5)12-10(14)16-11(2,3)4/h6-7H,1H2,2-5H3,(H,12,14). The largest absolute Gasteiger partial charge is 0.464 e. The van der Waals surface area contributed by atoms with Gasteiger partial charge in [-0.15, -0.1) is 0 Å². The Balaban J connectivity index is 4.54. The number of allylic oxidation sites excluding steroid dienone is 2. The molecule has 0 rings (SSSR count). The third-order valence-electron chi connectivity index (χ3n) is 1.33. The summed E-state index contributed by atoms with van der Waals surface area (Å²) in [6.07, 6.45) is 1.98. The monoisotopic (exact) mass is 227 g/mol. The van der Waals surface area contributed by atoms with E-state index in [1.807, 2.05) is 0 Å². The van der Waals surface area contributed by atoms with E-state index >= 15 is 0 Å². The molecule has 1 N–H and O–H groups in total. The van der Waals surface area contributed by atoms with Crippen LogP contribution in [0.2, 0.25) is 0 Å². The summed E-state index contributed by atoms with van der Waals surface area (Å²) in [6, 6.07) is 0. The molecule has 90 valence electrons. The molecule has 0 unspecified atom stereocenters. The minimum Gasteiger partial charge on any atom is -0.464 e. The average Bonchev–Trinajstić information content (AvgIpc) is 2.13. The van der Waals surface area contributed by atoms with Crippen molar-refractivity contribution in [1.29, 1.82) is 0 Å². The van der Waals surface area contributed by atoms with Crippen LogP contribution in [0.3, 0.4) is 0 Å². The molecule has 0 aliphatic rings. The molecule has 0 atom stereocenters. The SMILES string of the molecule is C=CC=C(NC(=O)OC(C)(C)C)C(=O)OC. The third-order valence-corrected chi connectivity index (χ3v) is 1.33. The zero-order valence-electron chi connectivity index (χ0n) is 9.99. The van der Waals surface area contributed by atoms with Crippen molar-refractivity contribution < 1.29 is 19.1 Å². The highest BCUT2D eigenvalue weighted by atomic mass is 16.6. The van der Waals surface area contributed by atoms with Crippen molar-refractivity contribution in [3.63, 3.8) is 0 Å². The predicted octanol–water partition coefficient (Wildman–Crippen LogP) is 1.75. The van der Waals surface area contributed by atoms with Crippen LogP contribution in [0.15, 0.2) is 24.4 Å². The Bertz CT molecular complexity index is 312. The number of ether oxygens (including phenoxy) is 2. The van der Waals surface area contributed by atoms with Gasteiger partial charge in [0.15, 0.2) is 0 Å². The summed E-state index contributed by atoms with van der Waals surface area (Å²) in [5, 5.41) is 2.28. The first kappa shape index (κ1) is 14.2. The fraction of sp³-hybridized carbons (Fsp3) is 0.455. The maximum absolute atomic E-state index is 11.3. The molecule has 0 saturated heterocycles. The Morgan fingerprint density at radius 2 is 1.88 bits per heavy atom. The topological polar surface area (TPSA) is 64.6 Å². The average molecular weight is 227 g/mol. The van der Waals surface area contributed by atoms with Gasteiger partial charge in [-0.3, -0.25) is 5.32 Å². The van der Waals surface area contributed by atoms with Crippen LogP contribution in [-0.2, 0) is 14.3 Å². The molecule has 5 nitrogen and oxygen atoms in total. The lowest BCUT2D eigenvalue weighted by molar-refractivity contribution is -0.136. The van der Waals surface area contributed by atoms with Crippen molar-refractivity contribution >= 4 is 12.1 Å². The van der Waals surface area contributed by atoms with Gasteiger partial charge in [-0.1, -0.05) is 12.7 Å². The molecule has 0 aromatic heterocycles. The van der Waals surface area contributed by atoms with E-state index < -0.39 is 17.7 Å². The second-order valence-corrected chi connectivity index (χ2v) is 3.93. The van der Waals surface area contributed by atoms with E-state index in [9.17, 15) is 9.59 Å². The third kappa shape index (κ3) is 5.85. The number of carbonyl (C=O) groups is 2. The molecule has 0 aromatic carbocycles. The summed E-state index contributed by atoms with van der Waals surface area (Å²) in [5.41, 5.74) is -0.647. The van der Waals surface area contributed by atoms with Gasteiger partial charge in [-0.2, -0.15) is 0 Å². The predicted molar refractivity (Wildman–Crippen MR) is 59.7 cm³/mol. The Morgan fingerprint density at radius 1 is 1.31 bits per heavy atom. The quantitative estimate of drug-likeness (QED) is 0.453. The number of carbonyl (C=O) groups excluding carboxylic acids is 2. The molecule has 0 heterocycles. The van der Waals surface area contributed by atoms with Crippen molar-refractivity contribution in [2.24, 2.45) is 0 Å². The van der Waals surface area contributed by atoms with Gasteiger partial charge in [-0.05, 0) is 26.8 Å². The summed E-state index contributed by atoms with van der Waals surface area (Å²) >= 11 is 0. The number of amides is 1. The highest BCUT2D eigenvalue weighted by Gasteiger charge is 2.19. The first-order valence-electron chi connectivity index (χ1n) is 4.71. The number of rotatable bonds is 3. The summed E-state index contributed by atoms with van der Waals surface area (Å²) in [6.45, 7) is 8.59. The van der Waals surface area contributed by atoms with Crippen molar-refractivity contribution in [1.82, 2.24) is 5.32 Å². The fourth-order valence-corrected chi connectivity index (χ4v) is 0.802. The van der Waals surface area contributed by atoms with Gasteiger partial charge in [-0.25, -0.2) is 9.59 Å². The number of hydrogen-bond donors (Lipinski definition) is 1. The van der Waals surface area contributed by atoms with Crippen LogP contribution in [-0.4, -0.2) is 24.8 Å². The first-order chi connectivity index (χ1) is 7.30. The number of alkyl carbamates (subject to hydrolysis) is 1. The van der Waals surface area contributed by atoms with Crippen LogP contribution in [0, 0.1) is 0 Å². The molecule has 1 amide bonds. The zero-order chi connectivity index (χ0) is 12.8. The van der Waals surface area contributed by atoms with Crippen molar-refractivity contribution in [2.45, 2.75) is 26.4 Å². The van der Waals surface area contributed by atoms with Crippen molar-refractivity contribution in [3.8, 4) is 0 Å². The molecule has 5 heteroatoms. The van der Waals surface area contributed by atoms with E-state index in [0.717, 1.165) is 0 Å². The maximum atomic E-state index is 11.3. The van der Waals surface area contributed by atoms with Crippen LogP contribution in [0.5, 0.6) is 0 Å². The number of esters is 1. The number of nitrogens with one attached hydrogen (secondary N) is 1. The van der Waals surface area contributed by atoms with E-state index in [4.69, 9.17) is 4.74 Å². The second kappa shape index (κ2) is 5.95. The van der Waals surface area contributed by atoms with E-state index in [0.29, 0.717) is 0 Å². The zero-order valence-corrected chi connectivity index (χ0v) is 9.99. The Morgan fingerprint density at radius 3 is 2.25 bits per heavy atom. The van der Waals surface area contributed by atoms with Crippen molar-refractivity contribution in [3.05, 3.63) is 24.4 Å². The van der Waals surface area contributed by atoms with E-state index in [1.54, 1.807) is 20.8 Å². The maximum Gasteiger partial charge on any atom is 0.412 e. The minimum atomic E-state index is -0.717. The highest BCUT2D eigenvalue weighted by Crippen LogP contribution is 2.07. The molecule has 0 fully saturated rings. The summed E-state index contributed by atoms with van der Waals surface area (Å²) in [4.78, 5) is 22.5.